The summed E-state index contributed by atoms with van der Waals surface area (Å²) in [4.78, 5) is 17.2. The Hall–Kier alpha value is -1.14. The first-order valence-corrected chi connectivity index (χ1v) is 10.8. The fourth-order valence-corrected chi connectivity index (χ4v) is 4.87. The van der Waals surface area contributed by atoms with Crippen LogP contribution >= 0.6 is 11.6 Å². The summed E-state index contributed by atoms with van der Waals surface area (Å²) in [5.74, 6) is 1.00. The predicted octanol–water partition coefficient (Wildman–Crippen LogP) is 3.32. The third-order valence-corrected chi connectivity index (χ3v) is 6.70. The lowest BCUT2D eigenvalue weighted by Crippen LogP contribution is -2.55. The molecule has 3 aliphatic rings. The van der Waals surface area contributed by atoms with Crippen molar-refractivity contribution in [2.75, 3.05) is 26.2 Å². The molecule has 1 aromatic carbocycles. The topological polar surface area (TPSA) is 47.6 Å². The maximum absolute atomic E-state index is 12.6. The number of rotatable bonds is 4. The van der Waals surface area contributed by atoms with Crippen LogP contribution in [0, 0.1) is 5.92 Å². The molecule has 27 heavy (non-hydrogen) atoms. The fourth-order valence-electron chi connectivity index (χ4n) is 4.74. The molecule has 2 N–H and O–H groups in total. The van der Waals surface area contributed by atoms with Crippen molar-refractivity contribution in [3.05, 3.63) is 34.9 Å². The minimum absolute atomic E-state index is 0.304. The molecule has 0 spiro atoms. The number of nitrogens with zero attached hydrogens (tertiary/aromatic N) is 2. The summed E-state index contributed by atoms with van der Waals surface area (Å²) in [6.07, 6.45) is 8.57. The molecule has 2 unspecified atom stereocenters. The molecule has 2 atom stereocenters. The van der Waals surface area contributed by atoms with Gasteiger partial charge in [0.15, 0.2) is 0 Å². The van der Waals surface area contributed by atoms with Crippen molar-refractivity contribution >= 4 is 17.5 Å². The molecule has 1 saturated carbocycles. The lowest BCUT2D eigenvalue weighted by atomic mass is 9.86. The number of halogens is 1. The second-order valence-corrected chi connectivity index (χ2v) is 8.71. The highest BCUT2D eigenvalue weighted by Crippen LogP contribution is 2.28. The van der Waals surface area contributed by atoms with E-state index in [4.69, 9.17) is 11.6 Å². The van der Waals surface area contributed by atoms with Crippen LogP contribution in [0.1, 0.15) is 56.6 Å². The van der Waals surface area contributed by atoms with Gasteiger partial charge < -0.3 is 4.90 Å². The number of carbonyl (C=O) groups is 1. The van der Waals surface area contributed by atoms with Gasteiger partial charge in [0.25, 0.3) is 0 Å². The average Bonchev–Trinajstić information content (AvgIpc) is 3.20. The van der Waals surface area contributed by atoms with E-state index in [1.807, 2.05) is 12.1 Å². The molecule has 0 radical (unpaired) electrons. The first-order chi connectivity index (χ1) is 13.2. The van der Waals surface area contributed by atoms with Crippen molar-refractivity contribution in [3.63, 3.8) is 0 Å². The Morgan fingerprint density at radius 3 is 2.41 bits per heavy atom. The zero-order valence-corrected chi connectivity index (χ0v) is 16.8. The Morgan fingerprint density at radius 2 is 1.70 bits per heavy atom. The molecular formula is C21H31ClN4O. The molecule has 6 heteroatoms. The van der Waals surface area contributed by atoms with Gasteiger partial charge in [0.05, 0.1) is 6.17 Å². The summed E-state index contributed by atoms with van der Waals surface area (Å²) in [5.41, 5.74) is 8.11. The van der Waals surface area contributed by atoms with Crippen LogP contribution in [-0.2, 0) is 4.79 Å². The van der Waals surface area contributed by atoms with Gasteiger partial charge >= 0.3 is 0 Å². The van der Waals surface area contributed by atoms with E-state index in [0.29, 0.717) is 24.0 Å². The summed E-state index contributed by atoms with van der Waals surface area (Å²) in [6.45, 7) is 3.61. The minimum atomic E-state index is 0.304. The molecule has 2 aliphatic heterocycles. The average molecular weight is 391 g/mol. The molecule has 0 aromatic heterocycles. The molecule has 5 nitrogen and oxygen atoms in total. The number of hydrazine groups is 1. The van der Waals surface area contributed by atoms with Gasteiger partial charge in [0.2, 0.25) is 5.91 Å². The summed E-state index contributed by atoms with van der Waals surface area (Å²) in [5, 5.41) is 0.773. The van der Waals surface area contributed by atoms with Gasteiger partial charge in [-0.15, -0.1) is 0 Å². The highest BCUT2D eigenvalue weighted by Gasteiger charge is 2.32. The van der Waals surface area contributed by atoms with Crippen LogP contribution in [0.15, 0.2) is 24.3 Å². The molecule has 1 aliphatic carbocycles. The number of carbonyl (C=O) groups excluding carboxylic acids is 1. The van der Waals surface area contributed by atoms with Crippen molar-refractivity contribution in [2.24, 2.45) is 5.92 Å². The lowest BCUT2D eigenvalue weighted by molar-refractivity contribution is -0.134. The normalized spacial score (nSPS) is 27.8. The third-order valence-electron chi connectivity index (χ3n) is 6.45. The Labute approximate surface area is 167 Å². The number of amides is 1. The van der Waals surface area contributed by atoms with Crippen molar-refractivity contribution in [1.82, 2.24) is 20.7 Å². The van der Waals surface area contributed by atoms with E-state index in [0.717, 1.165) is 44.0 Å². The largest absolute Gasteiger partial charge is 0.340 e. The minimum Gasteiger partial charge on any atom is -0.340 e. The van der Waals surface area contributed by atoms with Crippen molar-refractivity contribution < 1.29 is 4.79 Å². The maximum Gasteiger partial charge on any atom is 0.222 e. The number of nitrogens with one attached hydrogen (secondary N) is 2. The lowest BCUT2D eigenvalue weighted by Gasteiger charge is -2.38. The molecule has 1 aromatic rings. The van der Waals surface area contributed by atoms with Gasteiger partial charge in [-0.25, -0.2) is 10.9 Å². The van der Waals surface area contributed by atoms with E-state index in [1.54, 1.807) is 0 Å². The van der Waals surface area contributed by atoms with Crippen molar-refractivity contribution in [2.45, 2.75) is 57.2 Å². The third kappa shape index (κ3) is 4.83. The Kier molecular flexibility index (Phi) is 6.33. The van der Waals surface area contributed by atoms with E-state index < -0.39 is 0 Å². The zero-order valence-electron chi connectivity index (χ0n) is 16.0. The van der Waals surface area contributed by atoms with Gasteiger partial charge in [-0.05, 0) is 42.9 Å². The van der Waals surface area contributed by atoms with Gasteiger partial charge in [-0.3, -0.25) is 9.69 Å². The van der Waals surface area contributed by atoms with Crippen LogP contribution in [0.5, 0.6) is 0 Å². The van der Waals surface area contributed by atoms with E-state index in [1.165, 1.54) is 37.7 Å². The summed E-state index contributed by atoms with van der Waals surface area (Å²) in [7, 11) is 0. The Balaban J connectivity index is 1.23. The quantitative estimate of drug-likeness (QED) is 0.827. The van der Waals surface area contributed by atoms with Crippen LogP contribution in [0.25, 0.3) is 0 Å². The highest BCUT2D eigenvalue weighted by molar-refractivity contribution is 6.30. The molecule has 0 bridgehead atoms. The standard InChI is InChI=1S/C21H31ClN4O/c22-18-8-6-17(7-9-18)19-15-20(24-23-19)25-10-12-26(13-11-25)21(27)14-16-4-2-1-3-5-16/h6-9,16,19-20,23-24H,1-5,10-15H2. The Morgan fingerprint density at radius 1 is 1.00 bits per heavy atom. The first-order valence-electron chi connectivity index (χ1n) is 10.5. The number of hydrogen-bond donors (Lipinski definition) is 2. The molecular weight excluding hydrogens is 360 g/mol. The van der Waals surface area contributed by atoms with Crippen molar-refractivity contribution in [1.29, 1.82) is 0 Å². The van der Waals surface area contributed by atoms with Gasteiger partial charge in [-0.1, -0.05) is 43.0 Å². The SMILES string of the molecule is O=C(CC1CCCCC1)N1CCN(C2CC(c3ccc(Cl)cc3)NN2)CC1. The van der Waals surface area contributed by atoms with Gasteiger partial charge in [-0.2, -0.15) is 0 Å². The summed E-state index contributed by atoms with van der Waals surface area (Å²) < 4.78 is 0. The molecule has 4 rings (SSSR count). The molecule has 148 valence electrons. The Bertz CT molecular complexity index is 624. The first kappa shape index (κ1) is 19.2. The van der Waals surface area contributed by atoms with Gasteiger partial charge in [0.1, 0.15) is 0 Å². The second kappa shape index (κ2) is 8.91. The van der Waals surface area contributed by atoms with Crippen molar-refractivity contribution in [3.8, 4) is 0 Å². The van der Waals surface area contributed by atoms with Crippen LogP contribution in [0.3, 0.4) is 0 Å². The van der Waals surface area contributed by atoms with E-state index in [-0.39, 0.29) is 0 Å². The van der Waals surface area contributed by atoms with Crippen LogP contribution in [0.2, 0.25) is 5.02 Å². The number of piperazine rings is 1. The molecule has 3 fully saturated rings. The smallest absolute Gasteiger partial charge is 0.222 e. The fraction of sp³-hybridized carbons (Fsp3) is 0.667. The van der Waals surface area contributed by atoms with Gasteiger partial charge in [0, 0.05) is 43.7 Å². The molecule has 1 amide bonds. The van der Waals surface area contributed by atoms with Crippen LogP contribution < -0.4 is 10.9 Å². The van der Waals surface area contributed by atoms with E-state index in [2.05, 4.69) is 32.8 Å². The van der Waals surface area contributed by atoms with E-state index >= 15 is 0 Å². The van der Waals surface area contributed by atoms with E-state index in [9.17, 15) is 4.79 Å². The molecule has 2 heterocycles. The monoisotopic (exact) mass is 390 g/mol. The maximum atomic E-state index is 12.6. The zero-order chi connectivity index (χ0) is 18.6. The summed E-state index contributed by atoms with van der Waals surface area (Å²) >= 11 is 5.99. The number of benzene rings is 1. The number of hydrogen-bond acceptors (Lipinski definition) is 4. The summed E-state index contributed by atoms with van der Waals surface area (Å²) in [6, 6.07) is 8.38. The van der Waals surface area contributed by atoms with Crippen LogP contribution in [0.4, 0.5) is 0 Å². The highest BCUT2D eigenvalue weighted by atomic mass is 35.5. The second-order valence-electron chi connectivity index (χ2n) is 8.27. The predicted molar refractivity (Wildman–Crippen MR) is 108 cm³/mol. The van der Waals surface area contributed by atoms with Crippen LogP contribution in [-0.4, -0.2) is 48.1 Å². The molecule has 2 saturated heterocycles.